The molecule has 4 rings (SSSR count). The van der Waals surface area contributed by atoms with Crippen molar-refractivity contribution >= 4 is 22.7 Å². The molecule has 2 aromatic rings. The third-order valence-corrected chi connectivity index (χ3v) is 4.51. The smallest absolute Gasteiger partial charge is 0.338 e. The van der Waals surface area contributed by atoms with Gasteiger partial charge in [-0.3, -0.25) is 4.79 Å². The molecule has 5 heteroatoms. The summed E-state index contributed by atoms with van der Waals surface area (Å²) in [5.74, 6) is -0.0546. The Balaban J connectivity index is 1.88. The van der Waals surface area contributed by atoms with E-state index in [0.717, 1.165) is 5.39 Å². The van der Waals surface area contributed by atoms with Gasteiger partial charge in [0.2, 0.25) is 5.78 Å². The summed E-state index contributed by atoms with van der Waals surface area (Å²) in [6.07, 6.45) is 0. The van der Waals surface area contributed by atoms with E-state index in [1.807, 2.05) is 30.3 Å². The molecule has 1 heterocycles. The van der Waals surface area contributed by atoms with Gasteiger partial charge in [-0.2, -0.15) is 0 Å². The van der Waals surface area contributed by atoms with E-state index in [2.05, 4.69) is 0 Å². The van der Waals surface area contributed by atoms with Crippen molar-refractivity contribution in [1.29, 1.82) is 0 Å². The number of ketones is 1. The molecule has 1 aromatic heterocycles. The van der Waals surface area contributed by atoms with E-state index in [1.165, 1.54) is 7.11 Å². The quantitative estimate of drug-likeness (QED) is 0.394. The third-order valence-electron chi connectivity index (χ3n) is 4.51. The molecule has 0 unspecified atom stereocenters. The lowest BCUT2D eigenvalue weighted by Gasteiger charge is -2.00. The van der Waals surface area contributed by atoms with Gasteiger partial charge in [-0.25, -0.2) is 4.79 Å². The van der Waals surface area contributed by atoms with E-state index in [1.54, 1.807) is 37.4 Å². The zero-order valence-corrected chi connectivity index (χ0v) is 14.8. The van der Waals surface area contributed by atoms with E-state index >= 15 is 0 Å². The van der Waals surface area contributed by atoms with Gasteiger partial charge in [-0.1, -0.05) is 42.5 Å². The van der Waals surface area contributed by atoms with Gasteiger partial charge in [0.25, 0.3) is 0 Å². The van der Waals surface area contributed by atoms with E-state index in [4.69, 9.17) is 13.9 Å². The SMILES string of the molecule is COC(=O)c1cc(C(=O)c2cc3cccc(OC)c3o2)c2cccccc1-2. The first kappa shape index (κ1) is 16.8. The summed E-state index contributed by atoms with van der Waals surface area (Å²) in [5, 5.41) is 0.771. The standard InChI is InChI=1S/C22H16O5/c1-25-18-10-6-7-13-11-19(27-21(13)18)20(23)16-12-17(22(24)26-2)15-9-5-3-4-8-14(15)16/h3-12H,1-2H3. The van der Waals surface area contributed by atoms with Crippen molar-refractivity contribution in [2.24, 2.45) is 0 Å². The van der Waals surface area contributed by atoms with E-state index < -0.39 is 5.97 Å². The summed E-state index contributed by atoms with van der Waals surface area (Å²) in [5.41, 5.74) is 2.57. The Bertz CT molecular complexity index is 1140. The van der Waals surface area contributed by atoms with Gasteiger partial charge in [0, 0.05) is 10.9 Å². The molecule has 0 radical (unpaired) electrons. The van der Waals surface area contributed by atoms with Gasteiger partial charge in [0.05, 0.1) is 19.8 Å². The molecule has 0 N–H and O–H groups in total. The van der Waals surface area contributed by atoms with Crippen LogP contribution < -0.4 is 4.74 Å². The number of esters is 1. The van der Waals surface area contributed by atoms with Crippen molar-refractivity contribution < 1.29 is 23.5 Å². The summed E-state index contributed by atoms with van der Waals surface area (Å²) in [6.45, 7) is 0. The predicted molar refractivity (Wildman–Crippen MR) is 101 cm³/mol. The van der Waals surface area contributed by atoms with Crippen LogP contribution in [0.1, 0.15) is 26.5 Å². The highest BCUT2D eigenvalue weighted by Crippen LogP contribution is 2.35. The second-order valence-electron chi connectivity index (χ2n) is 6.02. The molecule has 0 bridgehead atoms. The van der Waals surface area contributed by atoms with Crippen LogP contribution in [0.2, 0.25) is 0 Å². The third kappa shape index (κ3) is 2.73. The number of rotatable bonds is 4. The Kier molecular flexibility index (Phi) is 4.12. The van der Waals surface area contributed by atoms with Crippen LogP contribution in [-0.4, -0.2) is 26.0 Å². The van der Waals surface area contributed by atoms with Crippen molar-refractivity contribution in [2.75, 3.05) is 14.2 Å². The zero-order chi connectivity index (χ0) is 19.0. The molecule has 134 valence electrons. The summed E-state index contributed by atoms with van der Waals surface area (Å²) in [4.78, 5) is 25.3. The fourth-order valence-electron chi connectivity index (χ4n) is 3.23. The van der Waals surface area contributed by atoms with Crippen LogP contribution in [0.4, 0.5) is 0 Å². The molecular weight excluding hydrogens is 344 g/mol. The van der Waals surface area contributed by atoms with Crippen molar-refractivity contribution in [2.45, 2.75) is 0 Å². The Morgan fingerprint density at radius 1 is 0.852 bits per heavy atom. The monoisotopic (exact) mass is 360 g/mol. The number of ether oxygens (including phenoxy) is 2. The molecular formula is C22H16O5. The van der Waals surface area contributed by atoms with Crippen LogP contribution in [0, 0.1) is 0 Å². The first-order valence-corrected chi connectivity index (χ1v) is 8.35. The lowest BCUT2D eigenvalue weighted by molar-refractivity contribution is 0.0602. The van der Waals surface area contributed by atoms with Crippen LogP contribution in [0.3, 0.4) is 0 Å². The zero-order valence-electron chi connectivity index (χ0n) is 14.8. The highest BCUT2D eigenvalue weighted by atomic mass is 16.5. The minimum Gasteiger partial charge on any atom is -0.493 e. The number of carbonyl (C=O) groups excluding carboxylic acids is 2. The molecule has 0 saturated heterocycles. The van der Waals surface area contributed by atoms with Crippen molar-refractivity contribution in [1.82, 2.24) is 0 Å². The van der Waals surface area contributed by atoms with Crippen molar-refractivity contribution in [3.8, 4) is 16.9 Å². The highest BCUT2D eigenvalue weighted by molar-refractivity contribution is 6.16. The van der Waals surface area contributed by atoms with Gasteiger partial charge in [0.15, 0.2) is 17.1 Å². The van der Waals surface area contributed by atoms with E-state index in [-0.39, 0.29) is 11.5 Å². The Hall–Kier alpha value is -3.60. The molecule has 1 aromatic carbocycles. The van der Waals surface area contributed by atoms with E-state index in [9.17, 15) is 9.59 Å². The van der Waals surface area contributed by atoms with Crippen LogP contribution >= 0.6 is 0 Å². The van der Waals surface area contributed by atoms with Crippen LogP contribution in [0.25, 0.3) is 22.1 Å². The molecule has 0 atom stereocenters. The molecule has 0 fully saturated rings. The highest BCUT2D eigenvalue weighted by Gasteiger charge is 2.26. The molecule has 2 aliphatic carbocycles. The number of furan rings is 1. The van der Waals surface area contributed by atoms with Crippen LogP contribution in [0.15, 0.2) is 65.1 Å². The Morgan fingerprint density at radius 3 is 2.30 bits per heavy atom. The van der Waals surface area contributed by atoms with Gasteiger partial charge >= 0.3 is 5.97 Å². The largest absolute Gasteiger partial charge is 0.493 e. The van der Waals surface area contributed by atoms with Crippen LogP contribution in [0.5, 0.6) is 5.75 Å². The number of hydrogen-bond acceptors (Lipinski definition) is 5. The fourth-order valence-corrected chi connectivity index (χ4v) is 3.23. The molecule has 0 amide bonds. The fraction of sp³-hybridized carbons (Fsp3) is 0.0909. The van der Waals surface area contributed by atoms with E-state index in [0.29, 0.717) is 33.6 Å². The lowest BCUT2D eigenvalue weighted by atomic mass is 10.0. The van der Waals surface area contributed by atoms with Crippen molar-refractivity contribution in [3.63, 3.8) is 0 Å². The molecule has 2 aliphatic rings. The average Bonchev–Trinajstić information content (AvgIpc) is 3.20. The van der Waals surface area contributed by atoms with Gasteiger partial charge < -0.3 is 13.9 Å². The second kappa shape index (κ2) is 6.61. The molecule has 0 spiro atoms. The Morgan fingerprint density at radius 2 is 1.59 bits per heavy atom. The molecule has 0 aliphatic heterocycles. The predicted octanol–water partition coefficient (Wildman–Crippen LogP) is 4.56. The number of benzene rings is 1. The Labute approximate surface area is 155 Å². The molecule has 27 heavy (non-hydrogen) atoms. The molecule has 0 saturated carbocycles. The summed E-state index contributed by atoms with van der Waals surface area (Å²) >= 11 is 0. The molecule has 5 nitrogen and oxygen atoms in total. The van der Waals surface area contributed by atoms with Gasteiger partial charge in [0.1, 0.15) is 0 Å². The van der Waals surface area contributed by atoms with Gasteiger partial charge in [-0.05, 0) is 29.3 Å². The van der Waals surface area contributed by atoms with Gasteiger partial charge in [-0.15, -0.1) is 0 Å². The maximum atomic E-state index is 13.2. The second-order valence-corrected chi connectivity index (χ2v) is 6.02. The normalized spacial score (nSPS) is 10.9. The van der Waals surface area contributed by atoms with Crippen LogP contribution in [-0.2, 0) is 4.74 Å². The average molecular weight is 360 g/mol. The number of hydrogen-bond donors (Lipinski definition) is 0. The minimum absolute atomic E-state index is 0.185. The number of methoxy groups -OCH3 is 2. The summed E-state index contributed by atoms with van der Waals surface area (Å²) in [6, 6.07) is 17.8. The maximum absolute atomic E-state index is 13.2. The number of carbonyl (C=O) groups is 2. The first-order valence-electron chi connectivity index (χ1n) is 8.35. The number of fused-ring (bicyclic) bond motifs is 2. The maximum Gasteiger partial charge on any atom is 0.338 e. The lowest BCUT2D eigenvalue weighted by Crippen LogP contribution is -2.00. The van der Waals surface area contributed by atoms with Crippen molar-refractivity contribution in [3.05, 3.63) is 77.6 Å². The topological polar surface area (TPSA) is 65.7 Å². The first-order chi connectivity index (χ1) is 13.1. The number of para-hydroxylation sites is 1. The summed E-state index contributed by atoms with van der Waals surface area (Å²) in [7, 11) is 2.86. The minimum atomic E-state index is -0.489. The summed E-state index contributed by atoms with van der Waals surface area (Å²) < 4.78 is 15.9.